The van der Waals surface area contributed by atoms with Crippen molar-refractivity contribution in [2.45, 2.75) is 20.3 Å². The quantitative estimate of drug-likeness (QED) is 0.611. The maximum atomic E-state index is 13.8. The van der Waals surface area contributed by atoms with E-state index in [1.54, 1.807) is 6.92 Å². The molecule has 0 aliphatic carbocycles. The van der Waals surface area contributed by atoms with Gasteiger partial charge in [0.05, 0.1) is 16.6 Å². The van der Waals surface area contributed by atoms with Gasteiger partial charge < -0.3 is 4.90 Å². The van der Waals surface area contributed by atoms with E-state index in [1.807, 2.05) is 6.92 Å². The lowest BCUT2D eigenvalue weighted by molar-refractivity contribution is -0.387. The Hall–Kier alpha value is -2.05. The van der Waals surface area contributed by atoms with Crippen molar-refractivity contribution in [2.75, 3.05) is 13.1 Å². The molecule has 1 aromatic rings. The number of hydrogen-bond acceptors (Lipinski definition) is 3. The van der Waals surface area contributed by atoms with Crippen molar-refractivity contribution in [1.29, 1.82) is 0 Å². The summed E-state index contributed by atoms with van der Waals surface area (Å²) < 4.78 is 27.1. The molecule has 0 aliphatic heterocycles. The highest BCUT2D eigenvalue weighted by molar-refractivity contribution is 5.95. The van der Waals surface area contributed by atoms with E-state index in [4.69, 9.17) is 0 Å². The van der Waals surface area contributed by atoms with Gasteiger partial charge in [0.1, 0.15) is 5.82 Å². The van der Waals surface area contributed by atoms with E-state index >= 15 is 0 Å². The minimum absolute atomic E-state index is 0.316. The van der Waals surface area contributed by atoms with Crippen LogP contribution in [0.2, 0.25) is 0 Å². The number of halogens is 2. The molecule has 1 aromatic carbocycles. The van der Waals surface area contributed by atoms with Crippen LogP contribution in [0.3, 0.4) is 0 Å². The van der Waals surface area contributed by atoms with Crippen LogP contribution in [0.25, 0.3) is 0 Å². The van der Waals surface area contributed by atoms with Crippen molar-refractivity contribution in [3.05, 3.63) is 39.4 Å². The van der Waals surface area contributed by atoms with Crippen molar-refractivity contribution in [1.82, 2.24) is 4.90 Å². The van der Waals surface area contributed by atoms with Crippen LogP contribution in [0, 0.1) is 21.7 Å². The maximum absolute atomic E-state index is 13.8. The second-order valence-electron chi connectivity index (χ2n) is 3.93. The molecule has 0 radical (unpaired) electrons. The van der Waals surface area contributed by atoms with Gasteiger partial charge in [0, 0.05) is 13.1 Å². The van der Waals surface area contributed by atoms with Crippen molar-refractivity contribution < 1.29 is 18.5 Å². The number of nitro benzene ring substituents is 1. The summed E-state index contributed by atoms with van der Waals surface area (Å²) in [5.74, 6) is -3.06. The predicted molar refractivity (Wildman–Crippen MR) is 64.9 cm³/mol. The lowest BCUT2D eigenvalue weighted by atomic mass is 10.1. The summed E-state index contributed by atoms with van der Waals surface area (Å²) in [6.07, 6.45) is 0.651. The molecule has 7 heteroatoms. The molecule has 0 heterocycles. The minimum atomic E-state index is -1.30. The van der Waals surface area contributed by atoms with Crippen LogP contribution in [0.15, 0.2) is 12.1 Å². The van der Waals surface area contributed by atoms with E-state index in [0.29, 0.717) is 31.6 Å². The molecule has 1 amide bonds. The lowest BCUT2D eigenvalue weighted by Gasteiger charge is -2.20. The maximum Gasteiger partial charge on any atom is 0.308 e. The molecule has 0 saturated carbocycles. The summed E-state index contributed by atoms with van der Waals surface area (Å²) in [6, 6.07) is 1.14. The molecule has 0 spiro atoms. The molecule has 0 bridgehead atoms. The molecule has 0 unspecified atom stereocenters. The van der Waals surface area contributed by atoms with E-state index in [9.17, 15) is 23.7 Å². The topological polar surface area (TPSA) is 63.5 Å². The zero-order valence-electron chi connectivity index (χ0n) is 10.7. The fourth-order valence-electron chi connectivity index (χ4n) is 1.71. The van der Waals surface area contributed by atoms with Crippen LogP contribution in [-0.2, 0) is 0 Å². The Kier molecular flexibility index (Phi) is 4.91. The molecule has 1 rings (SSSR count). The van der Waals surface area contributed by atoms with Gasteiger partial charge in [0.25, 0.3) is 5.91 Å². The molecule has 0 fully saturated rings. The standard InChI is InChI=1S/C12H14F2N2O3/c1-3-5-15(4-2)12(17)9-6-8(13)7-10(11(9)14)16(18)19/h6-7H,3-5H2,1-2H3. The summed E-state index contributed by atoms with van der Waals surface area (Å²) in [4.78, 5) is 22.9. The number of carbonyl (C=O) groups is 1. The molecule has 5 nitrogen and oxygen atoms in total. The van der Waals surface area contributed by atoms with E-state index in [1.165, 1.54) is 4.90 Å². The molecule has 19 heavy (non-hydrogen) atoms. The Balaban J connectivity index is 3.26. The molecule has 0 atom stereocenters. The molecule has 0 aliphatic rings. The third kappa shape index (κ3) is 3.24. The van der Waals surface area contributed by atoms with Crippen LogP contribution < -0.4 is 0 Å². The largest absolute Gasteiger partial charge is 0.339 e. The van der Waals surface area contributed by atoms with Crippen LogP contribution in [0.4, 0.5) is 14.5 Å². The summed E-state index contributed by atoms with van der Waals surface area (Å²) in [7, 11) is 0. The SMILES string of the molecule is CCCN(CC)C(=O)c1cc(F)cc([N+](=O)[O-])c1F. The first-order chi connectivity index (χ1) is 8.92. The second-order valence-corrected chi connectivity index (χ2v) is 3.93. The Labute approximate surface area is 109 Å². The fraction of sp³-hybridized carbons (Fsp3) is 0.417. The normalized spacial score (nSPS) is 10.3. The molecular formula is C12H14F2N2O3. The van der Waals surface area contributed by atoms with Crippen molar-refractivity contribution in [3.8, 4) is 0 Å². The number of rotatable bonds is 5. The van der Waals surface area contributed by atoms with E-state index < -0.39 is 33.7 Å². The van der Waals surface area contributed by atoms with Crippen LogP contribution in [-0.4, -0.2) is 28.8 Å². The fourth-order valence-corrected chi connectivity index (χ4v) is 1.71. The summed E-state index contributed by atoms with van der Waals surface area (Å²) in [6.45, 7) is 4.22. The minimum Gasteiger partial charge on any atom is -0.339 e. The third-order valence-electron chi connectivity index (χ3n) is 2.61. The number of carbonyl (C=O) groups excluding carboxylic acids is 1. The van der Waals surface area contributed by atoms with Gasteiger partial charge in [-0.25, -0.2) is 4.39 Å². The Bertz CT molecular complexity index is 506. The van der Waals surface area contributed by atoms with Gasteiger partial charge in [0.2, 0.25) is 5.82 Å². The van der Waals surface area contributed by atoms with Gasteiger partial charge >= 0.3 is 5.69 Å². The Morgan fingerprint density at radius 2 is 2.00 bits per heavy atom. The van der Waals surface area contributed by atoms with Crippen LogP contribution >= 0.6 is 0 Å². The van der Waals surface area contributed by atoms with Gasteiger partial charge in [-0.05, 0) is 19.4 Å². The van der Waals surface area contributed by atoms with E-state index in [-0.39, 0.29) is 0 Å². The molecule has 0 saturated heterocycles. The zero-order chi connectivity index (χ0) is 14.6. The predicted octanol–water partition coefficient (Wildman–Crippen LogP) is 2.75. The van der Waals surface area contributed by atoms with Crippen LogP contribution in [0.5, 0.6) is 0 Å². The average molecular weight is 272 g/mol. The highest BCUT2D eigenvalue weighted by atomic mass is 19.1. The first-order valence-electron chi connectivity index (χ1n) is 5.85. The monoisotopic (exact) mass is 272 g/mol. The Morgan fingerprint density at radius 1 is 1.37 bits per heavy atom. The number of benzene rings is 1. The molecule has 0 aromatic heterocycles. The van der Waals surface area contributed by atoms with Crippen molar-refractivity contribution in [3.63, 3.8) is 0 Å². The summed E-state index contributed by atoms with van der Waals surface area (Å²) in [5, 5.41) is 10.6. The van der Waals surface area contributed by atoms with Gasteiger partial charge in [0.15, 0.2) is 0 Å². The number of nitro groups is 1. The first-order valence-corrected chi connectivity index (χ1v) is 5.85. The third-order valence-corrected chi connectivity index (χ3v) is 2.61. The average Bonchev–Trinajstić information content (AvgIpc) is 2.37. The first kappa shape index (κ1) is 15.0. The number of nitrogens with zero attached hydrogens (tertiary/aromatic N) is 2. The zero-order valence-corrected chi connectivity index (χ0v) is 10.7. The van der Waals surface area contributed by atoms with Crippen LogP contribution in [0.1, 0.15) is 30.6 Å². The highest BCUT2D eigenvalue weighted by Crippen LogP contribution is 2.23. The second kappa shape index (κ2) is 6.21. The number of hydrogen-bond donors (Lipinski definition) is 0. The smallest absolute Gasteiger partial charge is 0.308 e. The van der Waals surface area contributed by atoms with E-state index in [0.717, 1.165) is 0 Å². The molecular weight excluding hydrogens is 258 g/mol. The number of amides is 1. The van der Waals surface area contributed by atoms with Crippen molar-refractivity contribution in [2.24, 2.45) is 0 Å². The molecule has 104 valence electrons. The van der Waals surface area contributed by atoms with Crippen molar-refractivity contribution >= 4 is 11.6 Å². The highest BCUT2D eigenvalue weighted by Gasteiger charge is 2.26. The Morgan fingerprint density at radius 3 is 2.47 bits per heavy atom. The van der Waals surface area contributed by atoms with Gasteiger partial charge in [-0.1, -0.05) is 6.92 Å². The molecule has 0 N–H and O–H groups in total. The van der Waals surface area contributed by atoms with Gasteiger partial charge in [-0.15, -0.1) is 0 Å². The summed E-state index contributed by atoms with van der Waals surface area (Å²) in [5.41, 5.74) is -1.64. The summed E-state index contributed by atoms with van der Waals surface area (Å²) >= 11 is 0. The lowest BCUT2D eigenvalue weighted by Crippen LogP contribution is -2.32. The van der Waals surface area contributed by atoms with E-state index in [2.05, 4.69) is 0 Å². The van der Waals surface area contributed by atoms with Gasteiger partial charge in [-0.2, -0.15) is 4.39 Å². The van der Waals surface area contributed by atoms with Gasteiger partial charge in [-0.3, -0.25) is 14.9 Å².